The van der Waals surface area contributed by atoms with Gasteiger partial charge in [0.1, 0.15) is 28.8 Å². The highest BCUT2D eigenvalue weighted by atomic mass is 16.5. The maximum absolute atomic E-state index is 7.28. The van der Waals surface area contributed by atoms with Gasteiger partial charge in [-0.2, -0.15) is 0 Å². The highest BCUT2D eigenvalue weighted by Crippen LogP contribution is 2.58. The summed E-state index contributed by atoms with van der Waals surface area (Å²) in [7, 11) is 0. The van der Waals surface area contributed by atoms with E-state index in [1.165, 1.54) is 27.8 Å². The third-order valence-corrected chi connectivity index (χ3v) is 9.72. The second kappa shape index (κ2) is 12.0. The molecule has 1 unspecified atom stereocenters. The molecule has 0 aliphatic heterocycles. The Balaban J connectivity index is 1.54. The maximum Gasteiger partial charge on any atom is 0.139 e. The maximum atomic E-state index is 7.28. The Hall–Kier alpha value is -3.70. The van der Waals surface area contributed by atoms with Crippen molar-refractivity contribution >= 4 is 5.57 Å². The SMILES string of the molecule is CC(C)Oc1ccc2c(c1)C(C)(C)C1=C2C(Oc2cc(OC(C)C)cc3c2-c2ccc(OC(C)C)cc2C3(C)C)=CC(C)(OC(C)C)C1. The first-order valence-electron chi connectivity index (χ1n) is 17.7. The number of allylic oxidation sites excluding steroid dienone is 1. The van der Waals surface area contributed by atoms with Crippen LogP contribution in [0.3, 0.4) is 0 Å². The molecule has 3 aliphatic carbocycles. The molecule has 5 heteroatoms. The number of hydrogen-bond acceptors (Lipinski definition) is 5. The Morgan fingerprint density at radius 2 is 1.08 bits per heavy atom. The van der Waals surface area contributed by atoms with Crippen molar-refractivity contribution in [3.8, 4) is 34.1 Å². The van der Waals surface area contributed by atoms with Gasteiger partial charge in [-0.25, -0.2) is 0 Å². The summed E-state index contributed by atoms with van der Waals surface area (Å²) >= 11 is 0. The highest BCUT2D eigenvalue weighted by molar-refractivity contribution is 5.92. The van der Waals surface area contributed by atoms with Gasteiger partial charge in [-0.3, -0.25) is 0 Å². The van der Waals surface area contributed by atoms with E-state index >= 15 is 0 Å². The van der Waals surface area contributed by atoms with Gasteiger partial charge < -0.3 is 23.7 Å². The van der Waals surface area contributed by atoms with E-state index in [1.54, 1.807) is 0 Å². The highest BCUT2D eigenvalue weighted by Gasteiger charge is 2.47. The van der Waals surface area contributed by atoms with Crippen molar-refractivity contribution in [2.45, 2.75) is 137 Å². The van der Waals surface area contributed by atoms with E-state index < -0.39 is 5.60 Å². The summed E-state index contributed by atoms with van der Waals surface area (Å²) in [4.78, 5) is 0. The number of benzene rings is 3. The molecule has 3 aliphatic rings. The Labute approximate surface area is 288 Å². The summed E-state index contributed by atoms with van der Waals surface area (Å²) in [5.74, 6) is 4.17. The molecule has 0 aromatic heterocycles. The average molecular weight is 651 g/mol. The Morgan fingerprint density at radius 3 is 1.65 bits per heavy atom. The molecule has 0 heterocycles. The zero-order valence-electron chi connectivity index (χ0n) is 31.3. The molecule has 0 bridgehead atoms. The van der Waals surface area contributed by atoms with Crippen molar-refractivity contribution in [1.82, 2.24) is 0 Å². The zero-order chi connectivity index (χ0) is 34.9. The van der Waals surface area contributed by atoms with E-state index in [1.807, 2.05) is 0 Å². The van der Waals surface area contributed by atoms with Crippen LogP contribution in [0.5, 0.6) is 23.0 Å². The van der Waals surface area contributed by atoms with Crippen LogP contribution >= 0.6 is 0 Å². The van der Waals surface area contributed by atoms with Gasteiger partial charge in [-0.05, 0) is 132 Å². The fourth-order valence-corrected chi connectivity index (χ4v) is 7.93. The molecule has 1 atom stereocenters. The summed E-state index contributed by atoms with van der Waals surface area (Å²) in [6.45, 7) is 28.0. The molecule has 0 N–H and O–H groups in total. The molecule has 6 rings (SSSR count). The largest absolute Gasteiger partial charge is 0.491 e. The van der Waals surface area contributed by atoms with Gasteiger partial charge >= 0.3 is 0 Å². The quantitative estimate of drug-likeness (QED) is 0.218. The summed E-state index contributed by atoms with van der Waals surface area (Å²) in [6.07, 6.45) is 3.24. The van der Waals surface area contributed by atoms with Crippen molar-refractivity contribution in [3.05, 3.63) is 88.2 Å². The van der Waals surface area contributed by atoms with Crippen LogP contribution < -0.4 is 18.9 Å². The first kappa shape index (κ1) is 34.2. The van der Waals surface area contributed by atoms with Crippen LogP contribution in [0.15, 0.2) is 65.9 Å². The minimum absolute atomic E-state index is 0.0181. The van der Waals surface area contributed by atoms with E-state index in [9.17, 15) is 0 Å². The number of hydrogen-bond donors (Lipinski definition) is 0. The van der Waals surface area contributed by atoms with Gasteiger partial charge in [0.15, 0.2) is 0 Å². The van der Waals surface area contributed by atoms with Gasteiger partial charge in [0, 0.05) is 34.5 Å². The van der Waals surface area contributed by atoms with Crippen molar-refractivity contribution in [1.29, 1.82) is 0 Å². The molecule has 5 nitrogen and oxygen atoms in total. The Kier molecular flexibility index (Phi) is 8.55. The fourth-order valence-electron chi connectivity index (χ4n) is 7.93. The van der Waals surface area contributed by atoms with Crippen molar-refractivity contribution < 1.29 is 23.7 Å². The van der Waals surface area contributed by atoms with E-state index in [4.69, 9.17) is 23.7 Å². The molecule has 0 radical (unpaired) electrons. The Bertz CT molecular complexity index is 1800. The minimum Gasteiger partial charge on any atom is -0.491 e. The molecule has 48 heavy (non-hydrogen) atoms. The van der Waals surface area contributed by atoms with Gasteiger partial charge in [0.05, 0.1) is 30.0 Å². The van der Waals surface area contributed by atoms with Crippen LogP contribution in [0.4, 0.5) is 0 Å². The third kappa shape index (κ3) is 6.04. The number of ether oxygens (including phenoxy) is 5. The van der Waals surface area contributed by atoms with E-state index in [0.717, 1.165) is 51.9 Å². The van der Waals surface area contributed by atoms with Crippen LogP contribution in [0.1, 0.15) is 119 Å². The summed E-state index contributed by atoms with van der Waals surface area (Å²) in [5.41, 5.74) is 8.50. The van der Waals surface area contributed by atoms with Crippen LogP contribution in [-0.2, 0) is 15.6 Å². The van der Waals surface area contributed by atoms with Gasteiger partial charge in [0.2, 0.25) is 0 Å². The predicted molar refractivity (Wildman–Crippen MR) is 196 cm³/mol. The van der Waals surface area contributed by atoms with Gasteiger partial charge in [-0.15, -0.1) is 0 Å². The van der Waals surface area contributed by atoms with Crippen LogP contribution in [0, 0.1) is 0 Å². The number of fused-ring (bicyclic) bond motifs is 5. The smallest absolute Gasteiger partial charge is 0.139 e. The molecule has 3 aromatic rings. The van der Waals surface area contributed by atoms with E-state index in [2.05, 4.69) is 145 Å². The van der Waals surface area contributed by atoms with Crippen molar-refractivity contribution in [3.63, 3.8) is 0 Å². The van der Waals surface area contributed by atoms with Gasteiger partial charge in [0.25, 0.3) is 0 Å². The predicted octanol–water partition coefficient (Wildman–Crippen LogP) is 10.9. The second-order valence-electron chi connectivity index (χ2n) is 16.1. The normalized spacial score (nSPS) is 20.1. The molecule has 256 valence electrons. The van der Waals surface area contributed by atoms with E-state index in [-0.39, 0.29) is 35.2 Å². The Morgan fingerprint density at radius 1 is 0.562 bits per heavy atom. The summed E-state index contributed by atoms with van der Waals surface area (Å²) in [6, 6.07) is 17.2. The fraction of sp³-hybridized carbons (Fsp3) is 0.488. The zero-order valence-corrected chi connectivity index (χ0v) is 31.3. The second-order valence-corrected chi connectivity index (χ2v) is 16.1. The van der Waals surface area contributed by atoms with Crippen molar-refractivity contribution in [2.24, 2.45) is 0 Å². The molecule has 0 saturated carbocycles. The monoisotopic (exact) mass is 650 g/mol. The van der Waals surface area contributed by atoms with Crippen LogP contribution in [0.25, 0.3) is 16.7 Å². The minimum atomic E-state index is -0.547. The number of rotatable bonds is 10. The molecule has 0 amide bonds. The lowest BCUT2D eigenvalue weighted by molar-refractivity contribution is -0.0379. The van der Waals surface area contributed by atoms with Crippen molar-refractivity contribution in [2.75, 3.05) is 0 Å². The first-order valence-corrected chi connectivity index (χ1v) is 17.7. The average Bonchev–Trinajstić information content (AvgIpc) is 3.30. The molecule has 3 aromatic carbocycles. The summed E-state index contributed by atoms with van der Waals surface area (Å²) in [5, 5.41) is 0. The lowest BCUT2D eigenvalue weighted by Crippen LogP contribution is -2.36. The van der Waals surface area contributed by atoms with E-state index in [0.29, 0.717) is 0 Å². The lowest BCUT2D eigenvalue weighted by atomic mass is 9.75. The lowest BCUT2D eigenvalue weighted by Gasteiger charge is -2.38. The standard InChI is InChI=1S/C43H54O5/c1-24(2)44-28-14-16-31-33(18-28)41(9,10)35-20-30(46-26(5)6)21-37(39(31)35)47-38-23-43(13,48-27(7)8)22-36-40(38)32-17-15-29(45-25(3)4)19-34(32)42(36,11)12/h14-21,23-27H,22H2,1-13H3. The molecular weight excluding hydrogens is 596 g/mol. The molecule has 0 saturated heterocycles. The first-order chi connectivity index (χ1) is 22.4. The third-order valence-electron chi connectivity index (χ3n) is 9.72. The summed E-state index contributed by atoms with van der Waals surface area (Å²) < 4.78 is 32.6. The molecule has 0 spiro atoms. The van der Waals surface area contributed by atoms with Gasteiger partial charge in [-0.1, -0.05) is 39.8 Å². The van der Waals surface area contributed by atoms with Crippen LogP contribution in [0.2, 0.25) is 0 Å². The molecule has 0 fully saturated rings. The van der Waals surface area contributed by atoms with Crippen LogP contribution in [-0.4, -0.2) is 30.0 Å². The molecular formula is C43H54O5. The topological polar surface area (TPSA) is 46.2 Å².